The zero-order chi connectivity index (χ0) is 19.8. The molecule has 5 nitrogen and oxygen atoms in total. The van der Waals surface area contributed by atoms with Crippen LogP contribution in [0.15, 0.2) is 42.5 Å². The van der Waals surface area contributed by atoms with Crippen molar-refractivity contribution in [3.63, 3.8) is 0 Å². The lowest BCUT2D eigenvalue weighted by molar-refractivity contribution is -0.117. The Balaban J connectivity index is 1.59. The minimum absolute atomic E-state index is 0.219. The molecule has 2 fully saturated rings. The maximum Gasteiger partial charge on any atom is 0.251 e. The molecule has 2 atom stereocenters. The van der Waals surface area contributed by atoms with Gasteiger partial charge in [-0.3, -0.25) is 9.69 Å². The quantitative estimate of drug-likeness (QED) is 0.796. The Morgan fingerprint density at radius 2 is 1.57 bits per heavy atom. The van der Waals surface area contributed by atoms with E-state index in [4.69, 9.17) is 4.74 Å². The van der Waals surface area contributed by atoms with E-state index in [1.807, 2.05) is 29.2 Å². The normalized spacial score (nSPS) is 22.9. The van der Waals surface area contributed by atoms with Crippen LogP contribution in [0, 0.1) is 11.6 Å². The number of hydrogen-bond donors (Lipinski definition) is 1. The lowest BCUT2D eigenvalue weighted by Gasteiger charge is -2.31. The molecule has 0 saturated carbocycles. The van der Waals surface area contributed by atoms with Crippen LogP contribution in [0.3, 0.4) is 0 Å². The van der Waals surface area contributed by atoms with Crippen LogP contribution in [-0.2, 0) is 9.53 Å². The van der Waals surface area contributed by atoms with Crippen LogP contribution in [0.25, 0.3) is 0 Å². The van der Waals surface area contributed by atoms with Crippen LogP contribution in [0.5, 0.6) is 0 Å². The van der Waals surface area contributed by atoms with Gasteiger partial charge in [-0.2, -0.15) is 0 Å². The van der Waals surface area contributed by atoms with Crippen LogP contribution in [-0.4, -0.2) is 43.8 Å². The van der Waals surface area contributed by atoms with Gasteiger partial charge in [0, 0.05) is 36.2 Å². The van der Waals surface area contributed by atoms with Gasteiger partial charge in [-0.15, -0.1) is 12.6 Å². The highest BCUT2D eigenvalue weighted by molar-refractivity contribution is 7.81. The van der Waals surface area contributed by atoms with Gasteiger partial charge in [0.1, 0.15) is 6.04 Å². The predicted octanol–water partition coefficient (Wildman–Crippen LogP) is 3.26. The highest BCUT2D eigenvalue weighted by Gasteiger charge is 2.43. The summed E-state index contributed by atoms with van der Waals surface area (Å²) in [5.74, 6) is -2.16. The maximum absolute atomic E-state index is 13.7. The Labute approximate surface area is 167 Å². The second-order valence-corrected chi connectivity index (χ2v) is 7.31. The number of morpholine rings is 1. The molecule has 2 aromatic rings. The highest BCUT2D eigenvalue weighted by Crippen LogP contribution is 2.35. The average molecular weight is 405 g/mol. The van der Waals surface area contributed by atoms with E-state index in [2.05, 4.69) is 17.5 Å². The number of carbonyl (C=O) groups is 1. The van der Waals surface area contributed by atoms with Gasteiger partial charge in [0.15, 0.2) is 17.1 Å². The average Bonchev–Trinajstić information content (AvgIpc) is 2.94. The van der Waals surface area contributed by atoms with Crippen molar-refractivity contribution in [1.82, 2.24) is 0 Å². The third-order valence-corrected chi connectivity index (χ3v) is 5.68. The van der Waals surface area contributed by atoms with Crippen molar-refractivity contribution in [2.24, 2.45) is 0 Å². The fourth-order valence-electron chi connectivity index (χ4n) is 3.67. The summed E-state index contributed by atoms with van der Waals surface area (Å²) in [6.07, 6.45) is 0. The van der Waals surface area contributed by atoms with Crippen LogP contribution in [0.4, 0.5) is 25.8 Å². The molecule has 0 N–H and O–H groups in total. The number of benzene rings is 2. The summed E-state index contributed by atoms with van der Waals surface area (Å²) in [6.45, 7) is 4.89. The van der Waals surface area contributed by atoms with Gasteiger partial charge in [-0.1, -0.05) is 0 Å². The summed E-state index contributed by atoms with van der Waals surface area (Å²) in [4.78, 5) is 18.3. The topological polar surface area (TPSA) is 36.0 Å². The number of carbonyl (C=O) groups excluding carboxylic acids is 1. The molecular weight excluding hydrogens is 384 g/mol. The molecule has 2 aromatic carbocycles. The molecule has 4 rings (SSSR count). The monoisotopic (exact) mass is 405 g/mol. The molecule has 2 aliphatic heterocycles. The number of anilines is 3. The van der Waals surface area contributed by atoms with Crippen molar-refractivity contribution in [1.29, 1.82) is 0 Å². The van der Waals surface area contributed by atoms with Crippen LogP contribution < -0.4 is 14.7 Å². The number of rotatable bonds is 3. The number of halogens is 2. The van der Waals surface area contributed by atoms with Crippen molar-refractivity contribution in [3.05, 3.63) is 54.1 Å². The Hall–Kier alpha value is -2.32. The van der Waals surface area contributed by atoms with Crippen molar-refractivity contribution >= 4 is 35.6 Å². The lowest BCUT2D eigenvalue weighted by atomic mass is 10.2. The molecule has 2 unspecified atom stereocenters. The zero-order valence-corrected chi connectivity index (χ0v) is 16.3. The van der Waals surface area contributed by atoms with Crippen LogP contribution >= 0.6 is 12.6 Å². The fourth-order valence-corrected chi connectivity index (χ4v) is 4.25. The van der Waals surface area contributed by atoms with E-state index in [1.54, 1.807) is 6.92 Å². The van der Waals surface area contributed by atoms with Gasteiger partial charge < -0.3 is 14.5 Å². The first-order chi connectivity index (χ1) is 13.5. The predicted molar refractivity (Wildman–Crippen MR) is 108 cm³/mol. The van der Waals surface area contributed by atoms with Gasteiger partial charge >= 0.3 is 0 Å². The number of ether oxygens (including phenoxy) is 1. The van der Waals surface area contributed by atoms with Crippen molar-refractivity contribution in [2.45, 2.75) is 18.5 Å². The summed E-state index contributed by atoms with van der Waals surface area (Å²) >= 11 is 4.60. The highest BCUT2D eigenvalue weighted by atomic mass is 32.1. The first-order valence-corrected chi connectivity index (χ1v) is 9.66. The minimum Gasteiger partial charge on any atom is -0.378 e. The van der Waals surface area contributed by atoms with E-state index >= 15 is 0 Å². The van der Waals surface area contributed by atoms with E-state index in [9.17, 15) is 13.6 Å². The minimum atomic E-state index is -0.994. The van der Waals surface area contributed by atoms with Gasteiger partial charge in [0.25, 0.3) is 5.91 Å². The Kier molecular flexibility index (Phi) is 5.16. The fraction of sp³-hybridized carbons (Fsp3) is 0.350. The molecule has 0 radical (unpaired) electrons. The second kappa shape index (κ2) is 7.60. The Morgan fingerprint density at radius 3 is 2.21 bits per heavy atom. The SMILES string of the molecule is CC1C(=O)N(c2ccc(F)c(F)c2)C(S)N1c1ccc(N2CCOCC2)cc1. The van der Waals surface area contributed by atoms with Crippen LogP contribution in [0.2, 0.25) is 0 Å². The molecule has 2 heterocycles. The number of nitrogens with zero attached hydrogens (tertiary/aromatic N) is 3. The van der Waals surface area contributed by atoms with Gasteiger partial charge in [-0.25, -0.2) is 8.78 Å². The first-order valence-electron chi connectivity index (χ1n) is 9.14. The smallest absolute Gasteiger partial charge is 0.251 e. The largest absolute Gasteiger partial charge is 0.378 e. The summed E-state index contributed by atoms with van der Waals surface area (Å²) in [5.41, 5.74) is 1.59. The maximum atomic E-state index is 13.7. The summed E-state index contributed by atoms with van der Waals surface area (Å²) in [5, 5.41) is 0. The molecule has 1 amide bonds. The summed E-state index contributed by atoms with van der Waals surface area (Å²) < 4.78 is 32.3. The molecule has 148 valence electrons. The van der Waals surface area contributed by atoms with E-state index in [0.717, 1.165) is 36.6 Å². The molecule has 0 aliphatic carbocycles. The Morgan fingerprint density at radius 1 is 0.964 bits per heavy atom. The molecule has 8 heteroatoms. The van der Waals surface area contributed by atoms with Gasteiger partial charge in [-0.05, 0) is 43.3 Å². The molecular formula is C20H21F2N3O2S. The zero-order valence-electron chi connectivity index (χ0n) is 15.4. The van der Waals surface area contributed by atoms with E-state index in [1.165, 1.54) is 11.0 Å². The molecule has 0 bridgehead atoms. The van der Waals surface area contributed by atoms with Gasteiger partial charge in [0.05, 0.1) is 13.2 Å². The van der Waals surface area contributed by atoms with Crippen LogP contribution in [0.1, 0.15) is 6.92 Å². The molecule has 2 aliphatic rings. The van der Waals surface area contributed by atoms with E-state index in [-0.39, 0.29) is 11.6 Å². The summed E-state index contributed by atoms with van der Waals surface area (Å²) in [6, 6.07) is 10.9. The third kappa shape index (κ3) is 3.31. The standard InChI is InChI=1S/C20H21F2N3O2S/c1-13-19(26)25(16-6-7-17(21)18(22)12-16)20(28)24(13)15-4-2-14(3-5-15)23-8-10-27-11-9-23/h2-7,12-13,20,28H,8-11H2,1H3. The van der Waals surface area contributed by atoms with Gasteiger partial charge in [0.2, 0.25) is 0 Å². The van der Waals surface area contributed by atoms with E-state index in [0.29, 0.717) is 13.2 Å². The number of hydrogen-bond acceptors (Lipinski definition) is 5. The molecule has 0 aromatic heterocycles. The molecule has 28 heavy (non-hydrogen) atoms. The summed E-state index contributed by atoms with van der Waals surface area (Å²) in [7, 11) is 0. The van der Waals surface area contributed by atoms with Crippen molar-refractivity contribution in [3.8, 4) is 0 Å². The first kappa shape index (κ1) is 19.0. The number of thiol groups is 1. The third-order valence-electron chi connectivity index (χ3n) is 5.20. The number of amides is 1. The van der Waals surface area contributed by atoms with E-state index < -0.39 is 23.2 Å². The van der Waals surface area contributed by atoms with Crippen molar-refractivity contribution in [2.75, 3.05) is 41.0 Å². The molecule has 0 spiro atoms. The lowest BCUT2D eigenvalue weighted by Crippen LogP contribution is -2.37. The Bertz CT molecular complexity index is 874. The van der Waals surface area contributed by atoms with Crippen molar-refractivity contribution < 1.29 is 18.3 Å². The molecule has 2 saturated heterocycles. The second-order valence-electron chi connectivity index (χ2n) is 6.85.